The molecule has 2 aromatic carbocycles. The Morgan fingerprint density at radius 3 is 2.23 bits per heavy atom. The number of unbranched alkanes of at least 4 members (excludes halogenated alkanes) is 6. The molecule has 2 unspecified atom stereocenters. The predicted molar refractivity (Wildman–Crippen MR) is 132 cm³/mol. The first-order valence-corrected chi connectivity index (χ1v) is 12.9. The van der Waals surface area contributed by atoms with E-state index in [0.29, 0.717) is 12.3 Å². The first kappa shape index (κ1) is 23.9. The van der Waals surface area contributed by atoms with Crippen LogP contribution in [0.4, 0.5) is 0 Å². The summed E-state index contributed by atoms with van der Waals surface area (Å²) in [5, 5.41) is 8.73. The van der Waals surface area contributed by atoms with Gasteiger partial charge in [0.2, 0.25) is 0 Å². The summed E-state index contributed by atoms with van der Waals surface area (Å²) in [6, 6.07) is 16.3. The van der Waals surface area contributed by atoms with Crippen molar-refractivity contribution in [3.8, 4) is 0 Å². The number of hydrogen-bond acceptors (Lipinski definition) is 2. The molecule has 1 aliphatic rings. The fraction of sp³-hybridized carbons (Fsp3) is 0.536. The summed E-state index contributed by atoms with van der Waals surface area (Å²) in [6.07, 6.45) is 9.60. The molecule has 168 valence electrons. The van der Waals surface area contributed by atoms with Crippen molar-refractivity contribution in [3.05, 3.63) is 64.7 Å². The lowest BCUT2D eigenvalue weighted by Gasteiger charge is -2.43. The van der Waals surface area contributed by atoms with E-state index < -0.39 is 5.97 Å². The molecule has 0 amide bonds. The standard InChI is InChI=1S/C28H38O2S/c1-21-13-16-23(17-14-21)28(3)20-31-26-19-22(2)15-18-24(26)25(28)11-9-7-5-4-6-8-10-12-27(29)30/h13-19,25H,4-12,20H2,1-3H3,(H,29,30). The van der Waals surface area contributed by atoms with Crippen LogP contribution in [-0.4, -0.2) is 16.8 Å². The summed E-state index contributed by atoms with van der Waals surface area (Å²) in [7, 11) is 0. The second-order valence-corrected chi connectivity index (χ2v) is 10.6. The van der Waals surface area contributed by atoms with Gasteiger partial charge in [-0.25, -0.2) is 0 Å². The SMILES string of the molecule is Cc1ccc(C2(C)CSc3cc(C)ccc3C2CCCCCCCCCC(=O)O)cc1. The molecule has 3 heteroatoms. The summed E-state index contributed by atoms with van der Waals surface area (Å²) in [4.78, 5) is 12.1. The Bertz CT molecular complexity index is 858. The molecule has 2 nitrogen and oxygen atoms in total. The van der Waals surface area contributed by atoms with Crippen molar-refractivity contribution >= 4 is 17.7 Å². The number of carboxylic acid groups (broad SMARTS) is 1. The highest BCUT2D eigenvalue weighted by molar-refractivity contribution is 7.99. The smallest absolute Gasteiger partial charge is 0.303 e. The summed E-state index contributed by atoms with van der Waals surface area (Å²) in [5.74, 6) is 1.03. The Morgan fingerprint density at radius 1 is 0.935 bits per heavy atom. The summed E-state index contributed by atoms with van der Waals surface area (Å²) < 4.78 is 0. The van der Waals surface area contributed by atoms with E-state index in [-0.39, 0.29) is 5.41 Å². The Morgan fingerprint density at radius 2 is 1.55 bits per heavy atom. The average molecular weight is 439 g/mol. The molecule has 2 atom stereocenters. The number of fused-ring (bicyclic) bond motifs is 1. The Kier molecular flexibility index (Phi) is 8.66. The van der Waals surface area contributed by atoms with Gasteiger partial charge in [0, 0.05) is 22.5 Å². The van der Waals surface area contributed by atoms with Gasteiger partial charge in [-0.3, -0.25) is 4.79 Å². The quantitative estimate of drug-likeness (QED) is 0.361. The number of benzene rings is 2. The van der Waals surface area contributed by atoms with Crippen molar-refractivity contribution in [2.45, 2.75) is 94.8 Å². The molecule has 1 aliphatic heterocycles. The van der Waals surface area contributed by atoms with Gasteiger partial charge < -0.3 is 5.11 Å². The highest BCUT2D eigenvalue weighted by Crippen LogP contribution is 2.52. The van der Waals surface area contributed by atoms with Crippen molar-refractivity contribution in [2.24, 2.45) is 0 Å². The highest BCUT2D eigenvalue weighted by Gasteiger charge is 2.40. The molecule has 3 rings (SSSR count). The van der Waals surface area contributed by atoms with Gasteiger partial charge in [0.1, 0.15) is 0 Å². The van der Waals surface area contributed by atoms with Gasteiger partial charge in [-0.15, -0.1) is 11.8 Å². The molecule has 0 saturated heterocycles. The van der Waals surface area contributed by atoms with Crippen LogP contribution in [0.3, 0.4) is 0 Å². The maximum absolute atomic E-state index is 10.6. The van der Waals surface area contributed by atoms with Crippen LogP contribution in [0.5, 0.6) is 0 Å². The molecule has 0 fully saturated rings. The molecular formula is C28H38O2S. The summed E-state index contributed by atoms with van der Waals surface area (Å²) in [6.45, 7) is 6.83. The molecule has 0 saturated carbocycles. The molecule has 1 N–H and O–H groups in total. The normalized spacial score (nSPS) is 20.4. The van der Waals surface area contributed by atoms with Crippen molar-refractivity contribution in [1.29, 1.82) is 0 Å². The van der Waals surface area contributed by atoms with Gasteiger partial charge >= 0.3 is 5.97 Å². The maximum Gasteiger partial charge on any atom is 0.303 e. The third-order valence-corrected chi connectivity index (χ3v) is 8.34. The minimum Gasteiger partial charge on any atom is -0.481 e. The van der Waals surface area contributed by atoms with Gasteiger partial charge in [-0.2, -0.15) is 0 Å². The first-order chi connectivity index (χ1) is 14.9. The number of aliphatic carboxylic acids is 1. The zero-order valence-electron chi connectivity index (χ0n) is 19.5. The van der Waals surface area contributed by atoms with Crippen molar-refractivity contribution < 1.29 is 9.90 Å². The molecule has 0 aromatic heterocycles. The van der Waals surface area contributed by atoms with Gasteiger partial charge in [0.15, 0.2) is 0 Å². The number of thioether (sulfide) groups is 1. The number of rotatable bonds is 11. The third kappa shape index (κ3) is 6.38. The van der Waals surface area contributed by atoms with Gasteiger partial charge in [0.25, 0.3) is 0 Å². The fourth-order valence-corrected chi connectivity index (χ4v) is 6.40. The van der Waals surface area contributed by atoms with Crippen LogP contribution in [0.15, 0.2) is 47.4 Å². The van der Waals surface area contributed by atoms with Gasteiger partial charge in [-0.1, -0.05) is 93.0 Å². The van der Waals surface area contributed by atoms with Gasteiger partial charge in [-0.05, 0) is 49.8 Å². The fourth-order valence-electron chi connectivity index (χ4n) is 4.93. The first-order valence-electron chi connectivity index (χ1n) is 11.9. The van der Waals surface area contributed by atoms with Crippen molar-refractivity contribution in [2.75, 3.05) is 5.75 Å². The summed E-state index contributed by atoms with van der Waals surface area (Å²) >= 11 is 2.03. The highest BCUT2D eigenvalue weighted by atomic mass is 32.2. The minimum absolute atomic E-state index is 0.164. The van der Waals surface area contributed by atoms with Gasteiger partial charge in [0.05, 0.1) is 0 Å². The Balaban J connectivity index is 1.62. The summed E-state index contributed by atoms with van der Waals surface area (Å²) in [5.41, 5.74) is 5.86. The molecule has 0 bridgehead atoms. The largest absolute Gasteiger partial charge is 0.481 e. The van der Waals surface area contributed by atoms with Crippen LogP contribution in [0.25, 0.3) is 0 Å². The van der Waals surface area contributed by atoms with Crippen LogP contribution in [0.1, 0.15) is 92.9 Å². The van der Waals surface area contributed by atoms with Crippen LogP contribution in [0, 0.1) is 13.8 Å². The molecule has 0 aliphatic carbocycles. The molecule has 0 radical (unpaired) electrons. The second kappa shape index (κ2) is 11.2. The Hall–Kier alpha value is -1.74. The molecule has 31 heavy (non-hydrogen) atoms. The zero-order valence-corrected chi connectivity index (χ0v) is 20.3. The number of aryl methyl sites for hydroxylation is 2. The van der Waals surface area contributed by atoms with E-state index in [0.717, 1.165) is 25.0 Å². The second-order valence-electron chi connectivity index (χ2n) is 9.57. The van der Waals surface area contributed by atoms with Crippen molar-refractivity contribution in [1.82, 2.24) is 0 Å². The van der Waals surface area contributed by atoms with Crippen LogP contribution < -0.4 is 0 Å². The minimum atomic E-state index is -0.669. The van der Waals surface area contributed by atoms with Crippen LogP contribution >= 0.6 is 11.8 Å². The monoisotopic (exact) mass is 438 g/mol. The Labute approximate surface area is 192 Å². The van der Waals surface area contributed by atoms with Crippen LogP contribution in [0.2, 0.25) is 0 Å². The van der Waals surface area contributed by atoms with E-state index in [1.165, 1.54) is 53.7 Å². The number of carbonyl (C=O) groups is 1. The van der Waals surface area contributed by atoms with E-state index in [4.69, 9.17) is 5.11 Å². The third-order valence-electron chi connectivity index (χ3n) is 6.94. The molecular weight excluding hydrogens is 400 g/mol. The lowest BCUT2D eigenvalue weighted by Crippen LogP contribution is -2.36. The topological polar surface area (TPSA) is 37.3 Å². The van der Waals surface area contributed by atoms with E-state index in [2.05, 4.69) is 63.2 Å². The molecule has 2 aromatic rings. The zero-order chi connectivity index (χ0) is 22.3. The van der Waals surface area contributed by atoms with E-state index in [1.807, 2.05) is 11.8 Å². The predicted octanol–water partition coefficient (Wildman–Crippen LogP) is 8.05. The van der Waals surface area contributed by atoms with E-state index >= 15 is 0 Å². The van der Waals surface area contributed by atoms with Crippen LogP contribution in [-0.2, 0) is 10.2 Å². The lowest BCUT2D eigenvalue weighted by atomic mass is 9.67. The maximum atomic E-state index is 10.6. The van der Waals surface area contributed by atoms with E-state index in [9.17, 15) is 4.79 Å². The molecule has 0 spiro atoms. The lowest BCUT2D eigenvalue weighted by molar-refractivity contribution is -0.137. The van der Waals surface area contributed by atoms with Crippen molar-refractivity contribution in [3.63, 3.8) is 0 Å². The average Bonchev–Trinajstić information content (AvgIpc) is 2.74. The van der Waals surface area contributed by atoms with E-state index in [1.54, 1.807) is 5.56 Å². The number of hydrogen-bond donors (Lipinski definition) is 1. The molecule has 1 heterocycles. The number of carboxylic acids is 1.